The van der Waals surface area contributed by atoms with E-state index < -0.39 is 20.5 Å². The zero-order valence-corrected chi connectivity index (χ0v) is 10.2. The minimum atomic E-state index is -1.88. The third kappa shape index (κ3) is 5.92. The van der Waals surface area contributed by atoms with E-state index in [-0.39, 0.29) is 0 Å². The molecule has 0 aliphatic carbocycles. The molecule has 0 spiro atoms. The molecule has 1 fully saturated rings. The first kappa shape index (κ1) is 12.7. The van der Waals surface area contributed by atoms with Crippen molar-refractivity contribution < 1.29 is 14.2 Å². The Morgan fingerprint density at radius 3 is 1.31 bits per heavy atom. The van der Waals surface area contributed by atoms with Crippen molar-refractivity contribution in [2.75, 3.05) is 0 Å². The lowest BCUT2D eigenvalue weighted by Crippen LogP contribution is -2.18. The Morgan fingerprint density at radius 2 is 1.08 bits per heavy atom. The molecule has 0 aromatic rings. The maximum absolute atomic E-state index is 5.28. The number of ether oxygens (including phenoxy) is 3. The number of hydrogen-bond acceptors (Lipinski definition) is 3. The molecule has 0 bridgehead atoms. The van der Waals surface area contributed by atoms with Gasteiger partial charge < -0.3 is 4.74 Å². The molecule has 0 amide bonds. The van der Waals surface area contributed by atoms with E-state index in [0.717, 1.165) is 0 Å². The molecule has 1 aliphatic heterocycles. The molecule has 3 nitrogen and oxygen atoms in total. The van der Waals surface area contributed by atoms with Crippen molar-refractivity contribution in [3.05, 3.63) is 0 Å². The molecule has 0 aromatic carbocycles. The van der Waals surface area contributed by atoms with Crippen LogP contribution in [0.3, 0.4) is 0 Å². The standard InChI is InChI=1S/C4H2Cl6O3/c5-3(6,7)12-1-2(11-1)13-4(8,9)10/h1-2H. The summed E-state index contributed by atoms with van der Waals surface area (Å²) < 4.78 is 10.3. The van der Waals surface area contributed by atoms with Crippen LogP contribution in [0.2, 0.25) is 0 Å². The maximum Gasteiger partial charge on any atom is 0.299 e. The zero-order chi connectivity index (χ0) is 10.3. The molecule has 9 heteroatoms. The van der Waals surface area contributed by atoms with Gasteiger partial charge in [0.15, 0.2) is 0 Å². The van der Waals surface area contributed by atoms with Crippen LogP contribution in [0.15, 0.2) is 0 Å². The van der Waals surface area contributed by atoms with Crippen molar-refractivity contribution in [1.29, 1.82) is 0 Å². The first-order chi connectivity index (χ1) is 5.67. The second-order valence-corrected chi connectivity index (χ2v) is 6.35. The lowest BCUT2D eigenvalue weighted by atomic mass is 10.8. The molecular weight excluding hydrogens is 309 g/mol. The fourth-order valence-corrected chi connectivity index (χ4v) is 1.04. The number of alkyl halides is 6. The van der Waals surface area contributed by atoms with E-state index in [0.29, 0.717) is 0 Å². The van der Waals surface area contributed by atoms with Crippen LogP contribution in [-0.2, 0) is 14.2 Å². The largest absolute Gasteiger partial charge is 0.313 e. The lowest BCUT2D eigenvalue weighted by Gasteiger charge is -2.11. The monoisotopic (exact) mass is 308 g/mol. The summed E-state index contributed by atoms with van der Waals surface area (Å²) in [5.74, 6) is 0. The van der Waals surface area contributed by atoms with Gasteiger partial charge in [0.05, 0.1) is 0 Å². The normalized spacial score (nSPS) is 29.1. The Balaban J connectivity index is 2.24. The van der Waals surface area contributed by atoms with E-state index >= 15 is 0 Å². The quantitative estimate of drug-likeness (QED) is 0.579. The third-order valence-electron chi connectivity index (χ3n) is 0.913. The van der Waals surface area contributed by atoms with Crippen molar-refractivity contribution in [3.63, 3.8) is 0 Å². The fourth-order valence-electron chi connectivity index (χ4n) is 0.517. The van der Waals surface area contributed by atoms with Crippen LogP contribution in [-0.4, -0.2) is 20.5 Å². The summed E-state index contributed by atoms with van der Waals surface area (Å²) in [5, 5.41) is 0. The summed E-state index contributed by atoms with van der Waals surface area (Å²) in [7, 11) is 0. The Kier molecular flexibility index (Phi) is 4.14. The molecule has 1 saturated heterocycles. The van der Waals surface area contributed by atoms with E-state index in [4.69, 9.17) is 74.3 Å². The van der Waals surface area contributed by atoms with Crippen molar-refractivity contribution in [1.82, 2.24) is 0 Å². The number of rotatable bonds is 2. The van der Waals surface area contributed by atoms with Gasteiger partial charge in [0.25, 0.3) is 7.96 Å². The van der Waals surface area contributed by atoms with Gasteiger partial charge in [0, 0.05) is 0 Å². The summed E-state index contributed by atoms with van der Waals surface area (Å²) in [6, 6.07) is 0. The van der Waals surface area contributed by atoms with Gasteiger partial charge in [-0.05, 0) is 0 Å². The Labute approximate surface area is 104 Å². The van der Waals surface area contributed by atoms with E-state index in [9.17, 15) is 0 Å². The highest BCUT2D eigenvalue weighted by atomic mass is 35.6. The predicted octanol–water partition coefficient (Wildman–Crippen LogP) is 3.36. The molecule has 2 atom stereocenters. The van der Waals surface area contributed by atoms with Gasteiger partial charge in [-0.2, -0.15) is 0 Å². The highest BCUT2D eigenvalue weighted by Gasteiger charge is 2.49. The maximum atomic E-state index is 5.28. The van der Waals surface area contributed by atoms with Gasteiger partial charge >= 0.3 is 0 Å². The van der Waals surface area contributed by atoms with Gasteiger partial charge in [0.2, 0.25) is 12.6 Å². The van der Waals surface area contributed by atoms with Gasteiger partial charge in [-0.25, -0.2) is 0 Å². The van der Waals surface area contributed by atoms with Gasteiger partial charge in [-0.1, -0.05) is 69.6 Å². The molecule has 78 valence electrons. The summed E-state index contributed by atoms with van der Waals surface area (Å²) in [4.78, 5) is 0. The van der Waals surface area contributed by atoms with Crippen LogP contribution in [0.5, 0.6) is 0 Å². The smallest absolute Gasteiger partial charge is 0.299 e. The van der Waals surface area contributed by atoms with E-state index in [2.05, 4.69) is 9.47 Å². The van der Waals surface area contributed by atoms with Crippen LogP contribution in [0, 0.1) is 0 Å². The molecule has 1 aliphatic rings. The minimum absolute atomic E-state index is 0.830. The number of epoxide rings is 1. The zero-order valence-electron chi connectivity index (χ0n) is 5.65. The SMILES string of the molecule is ClC(Cl)(Cl)OC1OC1OC(Cl)(Cl)Cl. The Bertz CT molecular complexity index is 165. The van der Waals surface area contributed by atoms with Crippen molar-refractivity contribution in [3.8, 4) is 0 Å². The average molecular weight is 311 g/mol. The molecule has 13 heavy (non-hydrogen) atoms. The second kappa shape index (κ2) is 4.24. The third-order valence-corrected chi connectivity index (χ3v) is 1.45. The summed E-state index contributed by atoms with van der Waals surface area (Å²) >= 11 is 31.7. The van der Waals surface area contributed by atoms with Crippen molar-refractivity contribution >= 4 is 69.6 Å². The van der Waals surface area contributed by atoms with E-state index in [1.807, 2.05) is 0 Å². The average Bonchev–Trinajstić information content (AvgIpc) is 2.36. The minimum Gasteiger partial charge on any atom is -0.313 e. The number of hydrogen-bond donors (Lipinski definition) is 0. The van der Waals surface area contributed by atoms with Crippen LogP contribution in [0.4, 0.5) is 0 Å². The fraction of sp³-hybridized carbons (Fsp3) is 1.00. The summed E-state index contributed by atoms with van der Waals surface area (Å²) in [6.45, 7) is 0. The molecule has 1 rings (SSSR count). The first-order valence-electron chi connectivity index (χ1n) is 2.82. The number of halogens is 6. The first-order valence-corrected chi connectivity index (χ1v) is 5.09. The van der Waals surface area contributed by atoms with Gasteiger partial charge in [0.1, 0.15) is 0 Å². The van der Waals surface area contributed by atoms with Gasteiger partial charge in [-0.15, -0.1) is 0 Å². The molecule has 0 saturated carbocycles. The molecule has 1 heterocycles. The highest BCUT2D eigenvalue weighted by molar-refractivity contribution is 6.66. The molecule has 0 aromatic heterocycles. The van der Waals surface area contributed by atoms with Crippen LogP contribution in [0.25, 0.3) is 0 Å². The topological polar surface area (TPSA) is 31.0 Å². The van der Waals surface area contributed by atoms with Crippen molar-refractivity contribution in [2.24, 2.45) is 0 Å². The van der Waals surface area contributed by atoms with E-state index in [1.165, 1.54) is 0 Å². The van der Waals surface area contributed by atoms with Crippen LogP contribution >= 0.6 is 69.6 Å². The Morgan fingerprint density at radius 1 is 0.769 bits per heavy atom. The molecule has 2 unspecified atom stereocenters. The van der Waals surface area contributed by atoms with Crippen molar-refractivity contribution in [2.45, 2.75) is 20.5 Å². The summed E-state index contributed by atoms with van der Waals surface area (Å²) in [5.41, 5.74) is 0. The Hall–Kier alpha value is 1.62. The molecule has 0 N–H and O–H groups in total. The molecular formula is C4H2Cl6O3. The van der Waals surface area contributed by atoms with Crippen LogP contribution in [0.1, 0.15) is 0 Å². The second-order valence-electron chi connectivity index (χ2n) is 2.00. The predicted molar refractivity (Wildman–Crippen MR) is 51.4 cm³/mol. The van der Waals surface area contributed by atoms with Crippen LogP contribution < -0.4 is 0 Å². The van der Waals surface area contributed by atoms with E-state index in [1.54, 1.807) is 0 Å². The lowest BCUT2D eigenvalue weighted by molar-refractivity contribution is 0.0368. The summed E-state index contributed by atoms with van der Waals surface area (Å²) in [6.07, 6.45) is -1.66. The highest BCUT2D eigenvalue weighted by Crippen LogP contribution is 2.40. The van der Waals surface area contributed by atoms with Gasteiger partial charge in [-0.3, -0.25) is 9.47 Å². The molecule has 0 radical (unpaired) electrons.